The fraction of sp³-hybridized carbons (Fsp3) is 0.789. The van der Waals surface area contributed by atoms with Gasteiger partial charge in [-0.2, -0.15) is 0 Å². The maximum Gasteiger partial charge on any atom is 0.306 e. The normalized spacial score (nSPS) is 21.5. The van der Waals surface area contributed by atoms with E-state index in [1.54, 1.807) is 0 Å². The molecule has 0 aromatic heterocycles. The highest BCUT2D eigenvalue weighted by Gasteiger charge is 2.20. The molecule has 2 atom stereocenters. The molecule has 0 spiro atoms. The molecule has 2 saturated heterocycles. The minimum Gasteiger partial charge on any atom is -0.462 e. The summed E-state index contributed by atoms with van der Waals surface area (Å²) < 4.78 is 10.6. The summed E-state index contributed by atoms with van der Waals surface area (Å²) in [6, 6.07) is 0. The molecule has 2 unspecified atom stereocenters. The summed E-state index contributed by atoms with van der Waals surface area (Å²) in [5.74, 6) is -0.196. The zero-order valence-electron chi connectivity index (χ0n) is 16.8. The van der Waals surface area contributed by atoms with Crippen LogP contribution in [0.1, 0.15) is 57.8 Å². The van der Waals surface area contributed by atoms with Crippen molar-refractivity contribution < 1.29 is 19.1 Å². The Hall–Kier alpha value is -1.68. The molecule has 2 heterocycles. The molecule has 2 aliphatic rings. The molecule has 8 nitrogen and oxygen atoms in total. The Morgan fingerprint density at radius 2 is 1.17 bits per heavy atom. The minimum absolute atomic E-state index is 0.00873. The van der Waals surface area contributed by atoms with Gasteiger partial charge in [0, 0.05) is 51.9 Å². The number of carbonyl (C=O) groups is 2. The van der Waals surface area contributed by atoms with Gasteiger partial charge in [0.15, 0.2) is 10.2 Å². The van der Waals surface area contributed by atoms with Crippen LogP contribution in [-0.4, -0.2) is 60.6 Å². The first-order valence-electron chi connectivity index (χ1n) is 10.5. The number of carbonyl (C=O) groups excluding carboxylic acids is 2. The third kappa shape index (κ3) is 10.6. The van der Waals surface area contributed by atoms with E-state index in [9.17, 15) is 9.59 Å². The molecule has 0 aromatic carbocycles. The fourth-order valence-electron chi connectivity index (χ4n) is 3.27. The molecule has 2 fully saturated rings. The van der Waals surface area contributed by atoms with Gasteiger partial charge < -0.3 is 30.7 Å². The van der Waals surface area contributed by atoms with Gasteiger partial charge in [0.05, 0.1) is 0 Å². The minimum atomic E-state index is -0.0979. The van der Waals surface area contributed by atoms with Gasteiger partial charge in [0.2, 0.25) is 0 Å². The molecule has 10 heteroatoms. The second kappa shape index (κ2) is 13.5. The van der Waals surface area contributed by atoms with Crippen molar-refractivity contribution in [3.8, 4) is 0 Å². The monoisotopic (exact) mass is 444 g/mol. The van der Waals surface area contributed by atoms with Crippen molar-refractivity contribution in [1.82, 2.24) is 21.3 Å². The third-order valence-electron chi connectivity index (χ3n) is 4.84. The van der Waals surface area contributed by atoms with Crippen LogP contribution in [0.5, 0.6) is 0 Å². The molecule has 29 heavy (non-hydrogen) atoms. The van der Waals surface area contributed by atoms with Crippen LogP contribution in [0.15, 0.2) is 0 Å². The van der Waals surface area contributed by atoms with Crippen molar-refractivity contribution >= 4 is 46.6 Å². The standard InChI is InChI=1S/C19H32N4O4S2/c24-16-6-1-4-14(26-16)8-12-22-18(28)20-10-3-11-21-19(29)23-13-9-15-5-2-7-17(25)27-15/h14-15H,1-13H2,(H2,20,22,28)(H2,21,23,29). The summed E-state index contributed by atoms with van der Waals surface area (Å²) >= 11 is 10.5. The zero-order chi connectivity index (χ0) is 20.9. The summed E-state index contributed by atoms with van der Waals surface area (Å²) in [5, 5.41) is 13.8. The van der Waals surface area contributed by atoms with Crippen molar-refractivity contribution in [1.29, 1.82) is 0 Å². The Kier molecular flexibility index (Phi) is 11.0. The maximum absolute atomic E-state index is 11.2. The predicted molar refractivity (Wildman–Crippen MR) is 119 cm³/mol. The van der Waals surface area contributed by atoms with E-state index in [4.69, 9.17) is 33.9 Å². The number of hydrogen-bond acceptors (Lipinski definition) is 6. The topological polar surface area (TPSA) is 101 Å². The quantitative estimate of drug-likeness (QED) is 0.224. The first kappa shape index (κ1) is 23.6. The van der Waals surface area contributed by atoms with E-state index in [-0.39, 0.29) is 24.1 Å². The molecular weight excluding hydrogens is 412 g/mol. The van der Waals surface area contributed by atoms with Crippen molar-refractivity contribution in [2.75, 3.05) is 26.2 Å². The lowest BCUT2D eigenvalue weighted by Crippen LogP contribution is -2.40. The lowest BCUT2D eigenvalue weighted by atomic mass is 10.1. The van der Waals surface area contributed by atoms with Gasteiger partial charge in [-0.05, 0) is 56.5 Å². The second-order valence-corrected chi connectivity index (χ2v) is 8.12. The molecule has 164 valence electrons. The molecule has 0 aliphatic carbocycles. The highest BCUT2D eigenvalue weighted by Crippen LogP contribution is 2.16. The number of thiocarbonyl (C=S) groups is 2. The Balaban J connectivity index is 1.39. The SMILES string of the molecule is O=C1CCCC(CCNC(=S)NCCCNC(=S)NCCC2CCCC(=O)O2)O1. The van der Waals surface area contributed by atoms with E-state index < -0.39 is 0 Å². The number of nitrogens with one attached hydrogen (secondary N) is 4. The molecule has 4 N–H and O–H groups in total. The Morgan fingerprint density at radius 1 is 0.759 bits per heavy atom. The van der Waals surface area contributed by atoms with Crippen LogP contribution >= 0.6 is 24.4 Å². The van der Waals surface area contributed by atoms with Crippen molar-refractivity contribution in [3.63, 3.8) is 0 Å². The number of hydrogen-bond donors (Lipinski definition) is 4. The third-order valence-corrected chi connectivity index (χ3v) is 5.42. The van der Waals surface area contributed by atoms with E-state index in [1.807, 2.05) is 0 Å². The van der Waals surface area contributed by atoms with Crippen molar-refractivity contribution in [2.45, 2.75) is 70.0 Å². The smallest absolute Gasteiger partial charge is 0.306 e. The first-order valence-corrected chi connectivity index (χ1v) is 11.3. The van der Waals surface area contributed by atoms with Crippen molar-refractivity contribution in [2.24, 2.45) is 0 Å². The molecule has 0 amide bonds. The Labute approximate surface area is 183 Å². The lowest BCUT2D eigenvalue weighted by molar-refractivity contribution is -0.154. The number of cyclic esters (lactones) is 2. The Morgan fingerprint density at radius 3 is 1.59 bits per heavy atom. The van der Waals surface area contributed by atoms with Crippen LogP contribution in [0.25, 0.3) is 0 Å². The van der Waals surface area contributed by atoms with Crippen molar-refractivity contribution in [3.05, 3.63) is 0 Å². The second-order valence-electron chi connectivity index (χ2n) is 7.30. The van der Waals surface area contributed by atoms with E-state index in [0.29, 0.717) is 36.2 Å². The van der Waals surface area contributed by atoms with Crippen LogP contribution in [0.3, 0.4) is 0 Å². The highest BCUT2D eigenvalue weighted by atomic mass is 32.1. The summed E-state index contributed by atoms with van der Waals surface area (Å²) in [6.07, 6.45) is 7.17. The summed E-state index contributed by atoms with van der Waals surface area (Å²) in [6.45, 7) is 2.84. The van der Waals surface area contributed by atoms with E-state index in [2.05, 4.69) is 21.3 Å². The average Bonchev–Trinajstić information content (AvgIpc) is 2.68. The van der Waals surface area contributed by atoms with Gasteiger partial charge in [-0.1, -0.05) is 0 Å². The molecule has 0 aromatic rings. The molecular formula is C19H32N4O4S2. The van der Waals surface area contributed by atoms with Gasteiger partial charge in [-0.25, -0.2) is 0 Å². The fourth-order valence-corrected chi connectivity index (χ4v) is 3.68. The largest absolute Gasteiger partial charge is 0.462 e. The molecule has 0 bridgehead atoms. The highest BCUT2D eigenvalue weighted by molar-refractivity contribution is 7.80. The maximum atomic E-state index is 11.2. The first-order chi connectivity index (χ1) is 14.0. The van der Waals surface area contributed by atoms with Gasteiger partial charge in [-0.15, -0.1) is 0 Å². The summed E-state index contributed by atoms with van der Waals surface area (Å²) in [7, 11) is 0. The van der Waals surface area contributed by atoms with Gasteiger partial charge >= 0.3 is 11.9 Å². The van der Waals surface area contributed by atoms with E-state index >= 15 is 0 Å². The van der Waals surface area contributed by atoms with Gasteiger partial charge in [0.25, 0.3) is 0 Å². The molecule has 0 saturated carbocycles. The lowest BCUT2D eigenvalue weighted by Gasteiger charge is -2.22. The van der Waals surface area contributed by atoms with Crippen LogP contribution < -0.4 is 21.3 Å². The summed E-state index contributed by atoms with van der Waals surface area (Å²) in [5.41, 5.74) is 0. The zero-order valence-corrected chi connectivity index (χ0v) is 18.4. The van der Waals surface area contributed by atoms with Gasteiger partial charge in [0.1, 0.15) is 12.2 Å². The predicted octanol–water partition coefficient (Wildman–Crippen LogP) is 1.28. The molecule has 0 radical (unpaired) electrons. The van der Waals surface area contributed by atoms with Gasteiger partial charge in [-0.3, -0.25) is 9.59 Å². The van der Waals surface area contributed by atoms with Crippen LogP contribution in [0.2, 0.25) is 0 Å². The molecule has 2 rings (SSSR count). The van der Waals surface area contributed by atoms with Crippen LogP contribution in [0.4, 0.5) is 0 Å². The summed E-state index contributed by atoms with van der Waals surface area (Å²) in [4.78, 5) is 22.5. The number of esters is 2. The van der Waals surface area contributed by atoms with E-state index in [0.717, 1.165) is 58.0 Å². The van der Waals surface area contributed by atoms with E-state index in [1.165, 1.54) is 0 Å². The number of ether oxygens (including phenoxy) is 2. The van der Waals surface area contributed by atoms with Crippen LogP contribution in [-0.2, 0) is 19.1 Å². The average molecular weight is 445 g/mol. The Bertz CT molecular complexity index is 528. The molecule has 2 aliphatic heterocycles. The number of rotatable bonds is 10. The van der Waals surface area contributed by atoms with Crippen LogP contribution in [0, 0.1) is 0 Å².